The number of aromatic nitrogens is 4. The zero-order chi connectivity index (χ0) is 14.2. The van der Waals surface area contributed by atoms with Crippen LogP contribution in [0.2, 0.25) is 0 Å². The van der Waals surface area contributed by atoms with Crippen molar-refractivity contribution in [1.29, 1.82) is 0 Å². The lowest BCUT2D eigenvalue weighted by Gasteiger charge is -2.14. The van der Waals surface area contributed by atoms with Gasteiger partial charge in [-0.2, -0.15) is 0 Å². The molecule has 1 aromatic carbocycles. The first-order chi connectivity index (χ1) is 10.3. The number of hydrogen-bond donors (Lipinski definition) is 2. The summed E-state index contributed by atoms with van der Waals surface area (Å²) in [7, 11) is 0. The Morgan fingerprint density at radius 2 is 2.00 bits per heavy atom. The Hall–Kier alpha value is -2.43. The van der Waals surface area contributed by atoms with Crippen molar-refractivity contribution in [3.05, 3.63) is 48.0 Å². The minimum atomic E-state index is 0.178. The van der Waals surface area contributed by atoms with E-state index in [9.17, 15) is 0 Å². The summed E-state index contributed by atoms with van der Waals surface area (Å²) < 4.78 is 0. The summed E-state index contributed by atoms with van der Waals surface area (Å²) in [4.78, 5) is 16.6. The van der Waals surface area contributed by atoms with E-state index in [1.54, 1.807) is 6.33 Å². The van der Waals surface area contributed by atoms with Crippen LogP contribution in [0.1, 0.15) is 43.1 Å². The van der Waals surface area contributed by atoms with E-state index in [1.165, 1.54) is 18.4 Å². The van der Waals surface area contributed by atoms with Crippen molar-refractivity contribution < 1.29 is 0 Å². The third kappa shape index (κ3) is 2.35. The maximum absolute atomic E-state index is 4.57. The van der Waals surface area contributed by atoms with Crippen LogP contribution in [0.25, 0.3) is 11.2 Å². The molecule has 1 fully saturated rings. The molecule has 0 unspecified atom stereocenters. The van der Waals surface area contributed by atoms with Gasteiger partial charge in [0.15, 0.2) is 11.5 Å². The number of benzene rings is 1. The maximum Gasteiger partial charge on any atom is 0.183 e. The molecular formula is C16H17N5. The Morgan fingerprint density at radius 1 is 1.19 bits per heavy atom. The van der Waals surface area contributed by atoms with Crippen molar-refractivity contribution in [3.63, 3.8) is 0 Å². The number of nitrogens with zero attached hydrogens (tertiary/aromatic N) is 3. The van der Waals surface area contributed by atoms with E-state index in [-0.39, 0.29) is 6.04 Å². The van der Waals surface area contributed by atoms with Gasteiger partial charge in [0, 0.05) is 5.92 Å². The summed E-state index contributed by atoms with van der Waals surface area (Å²) in [5.41, 5.74) is 2.88. The van der Waals surface area contributed by atoms with Gasteiger partial charge in [0.25, 0.3) is 0 Å². The number of imidazole rings is 1. The maximum atomic E-state index is 4.57. The summed E-state index contributed by atoms with van der Waals surface area (Å²) >= 11 is 0. The molecule has 1 atom stereocenters. The summed E-state index contributed by atoms with van der Waals surface area (Å²) in [6, 6.07) is 10.5. The van der Waals surface area contributed by atoms with E-state index in [1.807, 2.05) is 18.2 Å². The van der Waals surface area contributed by atoms with Crippen LogP contribution in [0.3, 0.4) is 0 Å². The minimum absolute atomic E-state index is 0.178. The van der Waals surface area contributed by atoms with E-state index in [0.717, 1.165) is 22.8 Å². The molecule has 4 rings (SSSR count). The summed E-state index contributed by atoms with van der Waals surface area (Å²) in [6.45, 7) is 2.13. The fourth-order valence-corrected chi connectivity index (χ4v) is 2.54. The highest BCUT2D eigenvalue weighted by molar-refractivity contribution is 5.82. The van der Waals surface area contributed by atoms with Crippen LogP contribution in [0.4, 0.5) is 5.82 Å². The Bertz CT molecular complexity index is 761. The Labute approximate surface area is 122 Å². The smallest absolute Gasteiger partial charge is 0.183 e. The van der Waals surface area contributed by atoms with E-state index < -0.39 is 0 Å². The molecule has 2 N–H and O–H groups in total. The van der Waals surface area contributed by atoms with E-state index in [2.05, 4.69) is 44.3 Å². The number of anilines is 1. The topological polar surface area (TPSA) is 66.5 Å². The molecule has 106 valence electrons. The molecule has 0 spiro atoms. The second kappa shape index (κ2) is 4.84. The summed E-state index contributed by atoms with van der Waals surface area (Å²) in [5.74, 6) is 2.44. The molecule has 2 heterocycles. The van der Waals surface area contributed by atoms with Gasteiger partial charge in [-0.1, -0.05) is 30.3 Å². The lowest BCUT2D eigenvalue weighted by Crippen LogP contribution is -2.08. The quantitative estimate of drug-likeness (QED) is 0.768. The average molecular weight is 279 g/mol. The molecule has 0 saturated heterocycles. The first-order valence-corrected chi connectivity index (χ1v) is 7.33. The standard InChI is InChI=1S/C16H17N5/c1-10(11-5-3-2-4-6-11)19-15-13-16(18-9-17-15)21-14(20-13)12-7-8-12/h2-6,9-10,12H,7-8H2,1H3,(H2,17,18,19,20,21)/t10-/m1/s1. The van der Waals surface area contributed by atoms with E-state index >= 15 is 0 Å². The van der Waals surface area contributed by atoms with Crippen LogP contribution in [-0.2, 0) is 0 Å². The predicted molar refractivity (Wildman–Crippen MR) is 82.1 cm³/mol. The van der Waals surface area contributed by atoms with Crippen molar-refractivity contribution in [3.8, 4) is 0 Å². The number of hydrogen-bond acceptors (Lipinski definition) is 4. The van der Waals surface area contributed by atoms with E-state index in [4.69, 9.17) is 0 Å². The van der Waals surface area contributed by atoms with Crippen LogP contribution < -0.4 is 5.32 Å². The zero-order valence-electron chi connectivity index (χ0n) is 11.9. The molecule has 5 nitrogen and oxygen atoms in total. The number of aromatic amines is 1. The molecule has 1 saturated carbocycles. The monoisotopic (exact) mass is 279 g/mol. The Balaban J connectivity index is 1.66. The average Bonchev–Trinajstić information content (AvgIpc) is 3.28. The molecule has 0 radical (unpaired) electrons. The largest absolute Gasteiger partial charge is 0.362 e. The van der Waals surface area contributed by atoms with Crippen molar-refractivity contribution >= 4 is 17.0 Å². The van der Waals surface area contributed by atoms with Crippen molar-refractivity contribution in [1.82, 2.24) is 19.9 Å². The van der Waals surface area contributed by atoms with Gasteiger partial charge in [0.05, 0.1) is 6.04 Å². The van der Waals surface area contributed by atoms with Crippen molar-refractivity contribution in [2.45, 2.75) is 31.7 Å². The summed E-state index contributed by atoms with van der Waals surface area (Å²) in [5, 5.41) is 3.45. The SMILES string of the molecule is C[C@@H](Nc1ncnc2nc(C3CC3)[nH]c12)c1ccccc1. The fraction of sp³-hybridized carbons (Fsp3) is 0.312. The Morgan fingerprint density at radius 3 is 2.76 bits per heavy atom. The number of nitrogens with one attached hydrogen (secondary N) is 2. The highest BCUT2D eigenvalue weighted by Gasteiger charge is 2.27. The highest BCUT2D eigenvalue weighted by Crippen LogP contribution is 2.39. The molecule has 0 amide bonds. The number of rotatable bonds is 4. The lowest BCUT2D eigenvalue weighted by molar-refractivity contribution is 0.875. The fourth-order valence-electron chi connectivity index (χ4n) is 2.54. The van der Waals surface area contributed by atoms with Gasteiger partial charge in [-0.15, -0.1) is 0 Å². The minimum Gasteiger partial charge on any atom is -0.362 e. The molecule has 3 aromatic rings. The van der Waals surface area contributed by atoms with Crippen LogP contribution in [0, 0.1) is 0 Å². The van der Waals surface area contributed by atoms with Gasteiger partial charge in [0.1, 0.15) is 17.7 Å². The van der Waals surface area contributed by atoms with E-state index in [0.29, 0.717) is 5.92 Å². The van der Waals surface area contributed by atoms with Gasteiger partial charge < -0.3 is 10.3 Å². The predicted octanol–water partition coefficient (Wildman–Crippen LogP) is 3.40. The second-order valence-corrected chi connectivity index (χ2v) is 5.59. The molecular weight excluding hydrogens is 262 g/mol. The third-order valence-electron chi connectivity index (χ3n) is 3.92. The molecule has 1 aliphatic rings. The third-order valence-corrected chi connectivity index (χ3v) is 3.92. The molecule has 21 heavy (non-hydrogen) atoms. The van der Waals surface area contributed by atoms with Gasteiger partial charge in [-0.05, 0) is 25.3 Å². The van der Waals surface area contributed by atoms with Gasteiger partial charge >= 0.3 is 0 Å². The van der Waals surface area contributed by atoms with Crippen LogP contribution in [0.15, 0.2) is 36.7 Å². The van der Waals surface area contributed by atoms with Crippen LogP contribution >= 0.6 is 0 Å². The number of fused-ring (bicyclic) bond motifs is 1. The molecule has 5 heteroatoms. The second-order valence-electron chi connectivity index (χ2n) is 5.59. The van der Waals surface area contributed by atoms with Crippen molar-refractivity contribution in [2.24, 2.45) is 0 Å². The van der Waals surface area contributed by atoms with Gasteiger partial charge in [-0.3, -0.25) is 0 Å². The molecule has 1 aliphatic carbocycles. The first-order valence-electron chi connectivity index (χ1n) is 7.33. The first kappa shape index (κ1) is 12.3. The zero-order valence-corrected chi connectivity index (χ0v) is 11.9. The lowest BCUT2D eigenvalue weighted by atomic mass is 10.1. The normalized spacial score (nSPS) is 16.0. The van der Waals surface area contributed by atoms with Gasteiger partial charge in [-0.25, -0.2) is 15.0 Å². The summed E-state index contributed by atoms with van der Waals surface area (Å²) in [6.07, 6.45) is 4.01. The molecule has 0 bridgehead atoms. The van der Waals surface area contributed by atoms with Gasteiger partial charge in [0.2, 0.25) is 0 Å². The molecule has 2 aromatic heterocycles. The van der Waals surface area contributed by atoms with Crippen LogP contribution in [0.5, 0.6) is 0 Å². The molecule has 0 aliphatic heterocycles. The Kier molecular flexibility index (Phi) is 2.84. The highest BCUT2D eigenvalue weighted by atomic mass is 15.1. The van der Waals surface area contributed by atoms with Crippen molar-refractivity contribution in [2.75, 3.05) is 5.32 Å². The van der Waals surface area contributed by atoms with Crippen LogP contribution in [-0.4, -0.2) is 19.9 Å². The number of H-pyrrole nitrogens is 1.